The summed E-state index contributed by atoms with van der Waals surface area (Å²) in [5, 5.41) is 3.61. The van der Waals surface area contributed by atoms with Crippen molar-refractivity contribution in [1.82, 2.24) is 20.0 Å². The summed E-state index contributed by atoms with van der Waals surface area (Å²) in [6, 6.07) is 4.11. The van der Waals surface area contributed by atoms with Crippen molar-refractivity contribution < 1.29 is 14.0 Å². The molecule has 7 heteroatoms. The second kappa shape index (κ2) is 7.28. The third-order valence-corrected chi connectivity index (χ3v) is 6.57. The molecule has 3 aliphatic rings. The van der Waals surface area contributed by atoms with Gasteiger partial charge in [0.05, 0.1) is 18.3 Å². The Labute approximate surface area is 160 Å². The normalized spacial score (nSPS) is 34.6. The minimum atomic E-state index is -0.0535. The molecule has 1 aliphatic carbocycles. The Morgan fingerprint density at radius 3 is 2.67 bits per heavy atom. The minimum absolute atomic E-state index is 0.0231. The number of nitrogens with zero attached hydrogens (tertiary/aromatic N) is 3. The molecular weight excluding hydrogens is 344 g/mol. The summed E-state index contributed by atoms with van der Waals surface area (Å²) in [5.74, 6) is 0.963. The SMILES string of the molecule is CC(=O)N1C2CCC(C3CN(C)CN3)CC2N(C(=O)c2ccco2)C[C@@H]1C. The van der Waals surface area contributed by atoms with Crippen LogP contribution in [0.4, 0.5) is 0 Å². The summed E-state index contributed by atoms with van der Waals surface area (Å²) < 4.78 is 5.39. The fraction of sp³-hybridized carbons (Fsp3) is 0.700. The average Bonchev–Trinajstić information content (AvgIpc) is 3.31. The molecule has 2 saturated heterocycles. The summed E-state index contributed by atoms with van der Waals surface area (Å²) in [6.07, 6.45) is 4.51. The van der Waals surface area contributed by atoms with Gasteiger partial charge < -0.3 is 14.2 Å². The maximum Gasteiger partial charge on any atom is 0.289 e. The van der Waals surface area contributed by atoms with E-state index < -0.39 is 0 Å². The number of nitrogens with one attached hydrogen (secondary N) is 1. The molecule has 2 aliphatic heterocycles. The molecule has 4 rings (SSSR count). The molecule has 7 nitrogen and oxygen atoms in total. The smallest absolute Gasteiger partial charge is 0.289 e. The van der Waals surface area contributed by atoms with Gasteiger partial charge in [-0.3, -0.25) is 19.8 Å². The van der Waals surface area contributed by atoms with Gasteiger partial charge in [-0.1, -0.05) is 0 Å². The van der Waals surface area contributed by atoms with Crippen molar-refractivity contribution in [3.63, 3.8) is 0 Å². The number of furan rings is 1. The first-order chi connectivity index (χ1) is 13.0. The second-order valence-electron chi connectivity index (χ2n) is 8.43. The maximum absolute atomic E-state index is 13.1. The third-order valence-electron chi connectivity index (χ3n) is 6.57. The van der Waals surface area contributed by atoms with Crippen LogP contribution in [-0.4, -0.2) is 77.5 Å². The lowest BCUT2D eigenvalue weighted by molar-refractivity contribution is -0.141. The highest BCUT2D eigenvalue weighted by atomic mass is 16.3. The van der Waals surface area contributed by atoms with Crippen LogP contribution < -0.4 is 5.32 Å². The zero-order valence-electron chi connectivity index (χ0n) is 16.4. The first-order valence-corrected chi connectivity index (χ1v) is 10.0. The van der Waals surface area contributed by atoms with Gasteiger partial charge in [-0.2, -0.15) is 0 Å². The molecule has 0 aromatic carbocycles. The summed E-state index contributed by atoms with van der Waals surface area (Å²) >= 11 is 0. The van der Waals surface area contributed by atoms with E-state index in [4.69, 9.17) is 4.42 Å². The molecule has 1 aromatic heterocycles. The van der Waals surface area contributed by atoms with Crippen molar-refractivity contribution in [2.24, 2.45) is 5.92 Å². The number of hydrogen-bond acceptors (Lipinski definition) is 5. The monoisotopic (exact) mass is 374 g/mol. The van der Waals surface area contributed by atoms with Crippen LogP contribution in [0.15, 0.2) is 22.8 Å². The highest BCUT2D eigenvalue weighted by Gasteiger charge is 2.48. The molecule has 4 unspecified atom stereocenters. The summed E-state index contributed by atoms with van der Waals surface area (Å²) in [5.41, 5.74) is 0. The molecule has 0 bridgehead atoms. The highest BCUT2D eigenvalue weighted by molar-refractivity contribution is 5.92. The summed E-state index contributed by atoms with van der Waals surface area (Å²) in [4.78, 5) is 31.7. The van der Waals surface area contributed by atoms with Crippen molar-refractivity contribution in [3.8, 4) is 0 Å². The van der Waals surface area contributed by atoms with E-state index >= 15 is 0 Å². The van der Waals surface area contributed by atoms with Gasteiger partial charge in [-0.25, -0.2) is 0 Å². The van der Waals surface area contributed by atoms with Crippen LogP contribution >= 0.6 is 0 Å². The largest absolute Gasteiger partial charge is 0.459 e. The molecule has 5 atom stereocenters. The second-order valence-corrected chi connectivity index (χ2v) is 8.43. The fourth-order valence-corrected chi connectivity index (χ4v) is 5.40. The van der Waals surface area contributed by atoms with Crippen LogP contribution in [0.1, 0.15) is 43.7 Å². The lowest BCUT2D eigenvalue weighted by atomic mass is 9.75. The van der Waals surface area contributed by atoms with Gasteiger partial charge in [0.25, 0.3) is 5.91 Å². The zero-order chi connectivity index (χ0) is 19.1. The number of carbonyl (C=O) groups excluding carboxylic acids is 2. The van der Waals surface area contributed by atoms with Crippen LogP contribution in [0.5, 0.6) is 0 Å². The van der Waals surface area contributed by atoms with E-state index in [0.717, 1.165) is 32.5 Å². The highest BCUT2D eigenvalue weighted by Crippen LogP contribution is 2.38. The van der Waals surface area contributed by atoms with Crippen molar-refractivity contribution >= 4 is 11.8 Å². The molecule has 3 fully saturated rings. The quantitative estimate of drug-likeness (QED) is 0.847. The van der Waals surface area contributed by atoms with Crippen LogP contribution in [-0.2, 0) is 4.79 Å². The van der Waals surface area contributed by atoms with Crippen molar-refractivity contribution in [2.45, 2.75) is 57.3 Å². The number of rotatable bonds is 2. The van der Waals surface area contributed by atoms with E-state index in [1.165, 1.54) is 0 Å². The van der Waals surface area contributed by atoms with Gasteiger partial charge in [0.1, 0.15) is 0 Å². The van der Waals surface area contributed by atoms with E-state index in [0.29, 0.717) is 24.3 Å². The molecule has 0 spiro atoms. The molecular formula is C20H30N4O3. The van der Waals surface area contributed by atoms with E-state index in [9.17, 15) is 9.59 Å². The summed E-state index contributed by atoms with van der Waals surface area (Å²) in [7, 11) is 2.13. The van der Waals surface area contributed by atoms with E-state index in [2.05, 4.69) is 17.3 Å². The number of carbonyl (C=O) groups is 2. The fourth-order valence-electron chi connectivity index (χ4n) is 5.40. The van der Waals surface area contributed by atoms with Crippen LogP contribution in [0.25, 0.3) is 0 Å². The zero-order valence-corrected chi connectivity index (χ0v) is 16.4. The Hall–Kier alpha value is -1.86. The van der Waals surface area contributed by atoms with Crippen LogP contribution in [0.3, 0.4) is 0 Å². The molecule has 148 valence electrons. The van der Waals surface area contributed by atoms with E-state index in [-0.39, 0.29) is 29.9 Å². The molecule has 1 N–H and O–H groups in total. The summed E-state index contributed by atoms with van der Waals surface area (Å²) in [6.45, 7) is 6.21. The lowest BCUT2D eigenvalue weighted by Gasteiger charge is -2.54. The third kappa shape index (κ3) is 3.38. The minimum Gasteiger partial charge on any atom is -0.459 e. The maximum atomic E-state index is 13.1. The van der Waals surface area contributed by atoms with Crippen molar-refractivity contribution in [1.29, 1.82) is 0 Å². The molecule has 0 radical (unpaired) electrons. The van der Waals surface area contributed by atoms with Gasteiger partial charge in [0.2, 0.25) is 5.91 Å². The van der Waals surface area contributed by atoms with Gasteiger partial charge in [-0.05, 0) is 51.3 Å². The Bertz CT molecular complexity index is 691. The van der Waals surface area contributed by atoms with Gasteiger partial charge >= 0.3 is 0 Å². The topological polar surface area (TPSA) is 69.0 Å². The van der Waals surface area contributed by atoms with Gasteiger partial charge in [-0.15, -0.1) is 0 Å². The standard InChI is InChI=1S/C20H30N4O3/c1-13-10-23(20(26)19-5-4-8-27-19)18-9-15(16-11-22(3)12-21-16)6-7-17(18)24(13)14(2)25/h4-5,8,13,15-18,21H,6-7,9-12H2,1-3H3/t13-,15?,16?,17?,18?/m0/s1. The van der Waals surface area contributed by atoms with E-state index in [1.807, 2.05) is 16.7 Å². The Morgan fingerprint density at radius 2 is 2.04 bits per heavy atom. The van der Waals surface area contributed by atoms with Crippen LogP contribution in [0.2, 0.25) is 0 Å². The van der Waals surface area contributed by atoms with Gasteiger partial charge in [0.15, 0.2) is 5.76 Å². The van der Waals surface area contributed by atoms with Crippen LogP contribution in [0, 0.1) is 5.92 Å². The number of likely N-dealkylation sites (N-methyl/N-ethyl adjacent to an activating group) is 1. The predicted molar refractivity (Wildman–Crippen MR) is 101 cm³/mol. The van der Waals surface area contributed by atoms with E-state index in [1.54, 1.807) is 25.3 Å². The first-order valence-electron chi connectivity index (χ1n) is 10.0. The number of hydrogen-bond donors (Lipinski definition) is 1. The Balaban J connectivity index is 1.59. The molecule has 1 saturated carbocycles. The first kappa shape index (κ1) is 18.5. The number of amides is 2. The average molecular weight is 374 g/mol. The molecule has 27 heavy (non-hydrogen) atoms. The number of piperazine rings is 1. The van der Waals surface area contributed by atoms with Gasteiger partial charge in [0, 0.05) is 38.8 Å². The Kier molecular flexibility index (Phi) is 4.99. The lowest BCUT2D eigenvalue weighted by Crippen LogP contribution is -2.67. The molecule has 1 aromatic rings. The number of fused-ring (bicyclic) bond motifs is 1. The van der Waals surface area contributed by atoms with Crippen molar-refractivity contribution in [3.05, 3.63) is 24.2 Å². The molecule has 2 amide bonds. The molecule has 3 heterocycles. The predicted octanol–water partition coefficient (Wildman–Crippen LogP) is 1.37. The Morgan fingerprint density at radius 1 is 1.22 bits per heavy atom. The van der Waals surface area contributed by atoms with Crippen molar-refractivity contribution in [2.75, 3.05) is 26.8 Å².